The molecule has 1 heterocycles. The van der Waals surface area contributed by atoms with Crippen molar-refractivity contribution in [3.63, 3.8) is 0 Å². The van der Waals surface area contributed by atoms with Crippen LogP contribution in [-0.2, 0) is 11.2 Å². The summed E-state index contributed by atoms with van der Waals surface area (Å²) in [5.41, 5.74) is 7.57. The highest BCUT2D eigenvalue weighted by Gasteiger charge is 2.16. The number of nitrogen functional groups attached to an aromatic ring is 1. The summed E-state index contributed by atoms with van der Waals surface area (Å²) in [6.07, 6.45) is 0.648. The first-order valence-corrected chi connectivity index (χ1v) is 7.01. The van der Waals surface area contributed by atoms with E-state index in [-0.39, 0.29) is 12.1 Å². The van der Waals surface area contributed by atoms with Crippen LogP contribution in [0.5, 0.6) is 0 Å². The fourth-order valence-electron chi connectivity index (χ4n) is 1.78. The zero-order chi connectivity index (χ0) is 13.8. The molecule has 2 rings (SSSR count). The second-order valence-corrected chi connectivity index (χ2v) is 5.78. The summed E-state index contributed by atoms with van der Waals surface area (Å²) in [5.74, 6) is -0.344. The van der Waals surface area contributed by atoms with E-state index >= 15 is 0 Å². The largest absolute Gasteiger partial charge is 0.459 e. The molecule has 0 aliphatic heterocycles. The molecule has 19 heavy (non-hydrogen) atoms. The molecular weight excluding hydrogens is 258 g/mol. The Morgan fingerprint density at radius 3 is 2.63 bits per heavy atom. The quantitative estimate of drug-likeness (QED) is 0.869. The van der Waals surface area contributed by atoms with Gasteiger partial charge in [-0.15, -0.1) is 11.3 Å². The summed E-state index contributed by atoms with van der Waals surface area (Å²) in [6, 6.07) is 11.9. The van der Waals surface area contributed by atoms with Crippen LogP contribution in [-0.4, -0.2) is 12.1 Å². The summed E-state index contributed by atoms with van der Waals surface area (Å²) in [5, 5.41) is 0.525. The monoisotopic (exact) mass is 275 g/mol. The lowest BCUT2D eigenvalue weighted by Gasteiger charge is -2.06. The summed E-state index contributed by atoms with van der Waals surface area (Å²) in [6.45, 7) is 3.65. The van der Waals surface area contributed by atoms with Gasteiger partial charge in [-0.3, -0.25) is 0 Å². The van der Waals surface area contributed by atoms with Crippen molar-refractivity contribution in [3.05, 3.63) is 52.4 Å². The van der Waals surface area contributed by atoms with Gasteiger partial charge in [-0.05, 0) is 25.5 Å². The molecule has 0 saturated heterocycles. The van der Waals surface area contributed by atoms with Crippen LogP contribution in [0.3, 0.4) is 0 Å². The maximum Gasteiger partial charge on any atom is 0.341 e. The van der Waals surface area contributed by atoms with Crippen LogP contribution in [0.1, 0.15) is 34.6 Å². The van der Waals surface area contributed by atoms with Crippen molar-refractivity contribution >= 4 is 22.3 Å². The Labute approximate surface area is 117 Å². The van der Waals surface area contributed by atoms with Gasteiger partial charge < -0.3 is 10.5 Å². The maximum atomic E-state index is 11.8. The fourth-order valence-corrected chi connectivity index (χ4v) is 2.73. The predicted octanol–water partition coefficient (Wildman–Crippen LogP) is 3.49. The lowest BCUT2D eigenvalue weighted by Crippen LogP contribution is -2.12. The van der Waals surface area contributed by atoms with Gasteiger partial charge in [-0.1, -0.05) is 30.3 Å². The minimum Gasteiger partial charge on any atom is -0.459 e. The van der Waals surface area contributed by atoms with E-state index in [1.54, 1.807) is 0 Å². The van der Waals surface area contributed by atoms with Crippen molar-refractivity contribution < 1.29 is 9.53 Å². The molecule has 0 aliphatic rings. The molecule has 1 aromatic carbocycles. The first kappa shape index (κ1) is 13.6. The van der Waals surface area contributed by atoms with E-state index in [1.807, 2.05) is 38.1 Å². The Bertz CT molecular complexity index is 561. The van der Waals surface area contributed by atoms with Gasteiger partial charge in [-0.25, -0.2) is 4.79 Å². The number of thiophene rings is 1. The molecule has 0 bridgehead atoms. The zero-order valence-electron chi connectivity index (χ0n) is 11.1. The Hall–Kier alpha value is -1.81. The van der Waals surface area contributed by atoms with Crippen molar-refractivity contribution in [2.45, 2.75) is 26.4 Å². The Balaban J connectivity index is 2.15. The highest BCUT2D eigenvalue weighted by molar-refractivity contribution is 7.16. The van der Waals surface area contributed by atoms with Crippen LogP contribution >= 0.6 is 11.3 Å². The third-order valence-electron chi connectivity index (χ3n) is 2.60. The number of esters is 1. The Kier molecular flexibility index (Phi) is 4.22. The summed E-state index contributed by atoms with van der Waals surface area (Å²) < 4.78 is 5.17. The Morgan fingerprint density at radius 2 is 2.00 bits per heavy atom. The number of anilines is 1. The average Bonchev–Trinajstić information content (AvgIpc) is 2.70. The van der Waals surface area contributed by atoms with E-state index < -0.39 is 0 Å². The van der Waals surface area contributed by atoms with Crippen LogP contribution < -0.4 is 5.73 Å². The van der Waals surface area contributed by atoms with Gasteiger partial charge in [0.1, 0.15) is 5.00 Å². The number of hydrogen-bond acceptors (Lipinski definition) is 4. The van der Waals surface area contributed by atoms with E-state index in [2.05, 4.69) is 12.1 Å². The molecule has 100 valence electrons. The predicted molar refractivity (Wildman–Crippen MR) is 78.5 cm³/mol. The molecule has 2 N–H and O–H groups in total. The molecule has 4 heteroatoms. The second-order valence-electron chi connectivity index (χ2n) is 4.61. The normalized spacial score (nSPS) is 10.7. The van der Waals surface area contributed by atoms with E-state index in [1.165, 1.54) is 16.9 Å². The summed E-state index contributed by atoms with van der Waals surface area (Å²) in [4.78, 5) is 12.9. The highest BCUT2D eigenvalue weighted by atomic mass is 32.1. The third-order valence-corrected chi connectivity index (χ3v) is 3.56. The van der Waals surface area contributed by atoms with Crippen LogP contribution in [0.4, 0.5) is 5.00 Å². The number of benzene rings is 1. The maximum absolute atomic E-state index is 11.8. The smallest absolute Gasteiger partial charge is 0.341 e. The number of rotatable bonds is 4. The lowest BCUT2D eigenvalue weighted by molar-refractivity contribution is 0.0379. The minimum atomic E-state index is -0.344. The van der Waals surface area contributed by atoms with Gasteiger partial charge in [0.25, 0.3) is 0 Å². The molecular formula is C15H17NO2S. The molecule has 0 saturated carbocycles. The van der Waals surface area contributed by atoms with Crippen LogP contribution in [0.2, 0.25) is 0 Å². The van der Waals surface area contributed by atoms with Gasteiger partial charge >= 0.3 is 5.97 Å². The van der Waals surface area contributed by atoms with E-state index in [0.717, 1.165) is 11.3 Å². The molecule has 0 spiro atoms. The zero-order valence-corrected chi connectivity index (χ0v) is 11.9. The summed E-state index contributed by atoms with van der Waals surface area (Å²) >= 11 is 1.44. The number of ether oxygens (including phenoxy) is 1. The molecule has 0 aliphatic carbocycles. The standard InChI is InChI=1S/C15H17NO2S/c1-10(2)18-15(17)13-9-12(19-14(13)16)8-11-6-4-3-5-7-11/h3-7,9-10H,8,16H2,1-2H3. The number of hydrogen-bond donors (Lipinski definition) is 1. The van der Waals surface area contributed by atoms with Gasteiger partial charge in [0.2, 0.25) is 0 Å². The van der Waals surface area contributed by atoms with Crippen molar-refractivity contribution in [1.29, 1.82) is 0 Å². The number of nitrogens with two attached hydrogens (primary N) is 1. The van der Waals surface area contributed by atoms with Crippen molar-refractivity contribution in [2.75, 3.05) is 5.73 Å². The van der Waals surface area contributed by atoms with Crippen LogP contribution in [0.15, 0.2) is 36.4 Å². The molecule has 0 fully saturated rings. The van der Waals surface area contributed by atoms with E-state index in [0.29, 0.717) is 10.6 Å². The van der Waals surface area contributed by atoms with Gasteiger partial charge in [0.05, 0.1) is 11.7 Å². The van der Waals surface area contributed by atoms with Crippen molar-refractivity contribution in [1.82, 2.24) is 0 Å². The molecule has 3 nitrogen and oxygen atoms in total. The fraction of sp³-hybridized carbons (Fsp3) is 0.267. The van der Waals surface area contributed by atoms with Crippen molar-refractivity contribution in [3.8, 4) is 0 Å². The van der Waals surface area contributed by atoms with Gasteiger partial charge in [0.15, 0.2) is 0 Å². The van der Waals surface area contributed by atoms with E-state index in [4.69, 9.17) is 10.5 Å². The minimum absolute atomic E-state index is 0.135. The first-order chi connectivity index (χ1) is 9.06. The Morgan fingerprint density at radius 1 is 1.32 bits per heavy atom. The molecule has 0 atom stereocenters. The molecule has 0 amide bonds. The molecule has 1 aromatic heterocycles. The van der Waals surface area contributed by atoms with Gasteiger partial charge in [-0.2, -0.15) is 0 Å². The van der Waals surface area contributed by atoms with Crippen molar-refractivity contribution in [2.24, 2.45) is 0 Å². The topological polar surface area (TPSA) is 52.3 Å². The molecule has 0 radical (unpaired) electrons. The molecule has 0 unspecified atom stereocenters. The first-order valence-electron chi connectivity index (χ1n) is 6.19. The summed E-state index contributed by atoms with van der Waals surface area (Å²) in [7, 11) is 0. The number of carbonyl (C=O) groups excluding carboxylic acids is 1. The van der Waals surface area contributed by atoms with Gasteiger partial charge in [0, 0.05) is 11.3 Å². The van der Waals surface area contributed by atoms with Crippen LogP contribution in [0, 0.1) is 0 Å². The highest BCUT2D eigenvalue weighted by Crippen LogP contribution is 2.27. The second kappa shape index (κ2) is 5.89. The van der Waals surface area contributed by atoms with E-state index in [9.17, 15) is 4.79 Å². The molecule has 2 aromatic rings. The van der Waals surface area contributed by atoms with Crippen LogP contribution in [0.25, 0.3) is 0 Å². The SMILES string of the molecule is CC(C)OC(=O)c1cc(Cc2ccccc2)sc1N. The lowest BCUT2D eigenvalue weighted by atomic mass is 10.1. The average molecular weight is 275 g/mol. The third kappa shape index (κ3) is 3.58. The number of carbonyl (C=O) groups is 1.